The van der Waals surface area contributed by atoms with Crippen molar-refractivity contribution in [3.63, 3.8) is 0 Å². The number of likely N-dealkylation sites (N-methyl/N-ethyl adjacent to an activating group) is 1. The number of aliphatic hydroxyl groups is 1. The Labute approximate surface area is 203 Å². The molecule has 2 bridgehead atoms. The highest BCUT2D eigenvalue weighted by Gasteiger charge is 2.59. The highest BCUT2D eigenvalue weighted by atomic mass is 16.5. The first kappa shape index (κ1) is 23.5. The molecule has 182 valence electrons. The summed E-state index contributed by atoms with van der Waals surface area (Å²) in [5.41, 5.74) is 2.23. The molecule has 2 aliphatic carbocycles. The van der Waals surface area contributed by atoms with E-state index in [1.807, 2.05) is 16.8 Å². The Morgan fingerprint density at radius 2 is 1.49 bits per heavy atom. The van der Waals surface area contributed by atoms with E-state index in [4.69, 9.17) is 4.74 Å². The summed E-state index contributed by atoms with van der Waals surface area (Å²) in [4.78, 5) is 57.2. The number of hydrogen-bond donors (Lipinski definition) is 1. The van der Waals surface area contributed by atoms with Crippen LogP contribution in [0.1, 0.15) is 33.6 Å². The van der Waals surface area contributed by atoms with Crippen LogP contribution in [0.25, 0.3) is 0 Å². The van der Waals surface area contributed by atoms with Gasteiger partial charge in [0.1, 0.15) is 6.04 Å². The summed E-state index contributed by atoms with van der Waals surface area (Å²) in [7, 11) is 3.17. The Morgan fingerprint density at radius 3 is 2.09 bits per heavy atom. The van der Waals surface area contributed by atoms with Gasteiger partial charge in [0.05, 0.1) is 31.9 Å². The van der Waals surface area contributed by atoms with Crippen molar-refractivity contribution in [3.05, 3.63) is 44.8 Å². The minimum atomic E-state index is -0.859. The lowest BCUT2D eigenvalue weighted by atomic mass is 9.67. The summed E-state index contributed by atoms with van der Waals surface area (Å²) in [5, 5.41) is 20.7. The largest absolute Gasteiger partial charge is 0.492 e. The van der Waals surface area contributed by atoms with E-state index in [-0.39, 0.29) is 52.9 Å². The number of piperazine rings is 1. The number of nitriles is 1. The van der Waals surface area contributed by atoms with Gasteiger partial charge in [0.25, 0.3) is 0 Å². The van der Waals surface area contributed by atoms with Crippen LogP contribution in [0.15, 0.2) is 44.8 Å². The Kier molecular flexibility index (Phi) is 5.33. The Morgan fingerprint density at radius 1 is 0.914 bits per heavy atom. The second-order valence-electron chi connectivity index (χ2n) is 9.88. The maximum absolute atomic E-state index is 13.6. The number of fused-ring (bicyclic) bond motifs is 5. The van der Waals surface area contributed by atoms with Crippen molar-refractivity contribution >= 4 is 23.1 Å². The smallest absolute Gasteiger partial charge is 0.226 e. The molecule has 9 heteroatoms. The summed E-state index contributed by atoms with van der Waals surface area (Å²) >= 11 is 0. The number of methoxy groups -OCH3 is 1. The van der Waals surface area contributed by atoms with Crippen molar-refractivity contribution in [2.45, 2.75) is 63.8 Å². The van der Waals surface area contributed by atoms with Crippen LogP contribution >= 0.6 is 0 Å². The Hall–Kier alpha value is -3.19. The predicted octanol–water partition coefficient (Wildman–Crippen LogP) is 0.554. The standard InChI is InChI=1S/C26H27N3O6/c1-10-11(2)24(33)19-13(22(10)31)7-16-21-20-14(23(32)12(3)26(35-5)25(20)34)6-15(28(21)4)17(8-27)29(16)18(19)9-30/h15-18,21,30H,6-7,9H2,1-5H3/t15-,16-,17-,18-,21-/m0/s1. The summed E-state index contributed by atoms with van der Waals surface area (Å²) in [5.74, 6) is -1.18. The van der Waals surface area contributed by atoms with E-state index in [9.17, 15) is 29.5 Å². The van der Waals surface area contributed by atoms with E-state index >= 15 is 0 Å². The zero-order valence-electron chi connectivity index (χ0n) is 20.3. The highest BCUT2D eigenvalue weighted by molar-refractivity contribution is 6.26. The van der Waals surface area contributed by atoms with Crippen LogP contribution in [0, 0.1) is 11.3 Å². The molecule has 5 aliphatic rings. The molecule has 0 radical (unpaired) electrons. The van der Waals surface area contributed by atoms with Crippen molar-refractivity contribution < 1.29 is 29.0 Å². The van der Waals surface area contributed by atoms with Crippen LogP contribution in [0.3, 0.4) is 0 Å². The molecule has 9 nitrogen and oxygen atoms in total. The molecule has 0 unspecified atom stereocenters. The third-order valence-corrected chi connectivity index (χ3v) is 8.54. The number of ketones is 4. The van der Waals surface area contributed by atoms with E-state index in [0.717, 1.165) is 0 Å². The van der Waals surface area contributed by atoms with E-state index in [2.05, 4.69) is 6.07 Å². The lowest BCUT2D eigenvalue weighted by Gasteiger charge is -2.60. The minimum Gasteiger partial charge on any atom is -0.492 e. The van der Waals surface area contributed by atoms with Gasteiger partial charge in [-0.3, -0.25) is 29.0 Å². The molecule has 1 N–H and O–H groups in total. The molecule has 5 atom stereocenters. The lowest BCUT2D eigenvalue weighted by Crippen LogP contribution is -2.74. The molecule has 1 fully saturated rings. The van der Waals surface area contributed by atoms with Gasteiger partial charge >= 0.3 is 0 Å². The Bertz CT molecular complexity index is 1290. The van der Waals surface area contributed by atoms with Gasteiger partial charge in [-0.1, -0.05) is 0 Å². The fourth-order valence-electron chi connectivity index (χ4n) is 6.69. The molecule has 3 heterocycles. The molecule has 0 aromatic rings. The van der Waals surface area contributed by atoms with Gasteiger partial charge in [0.15, 0.2) is 23.1 Å². The van der Waals surface area contributed by atoms with Crippen LogP contribution in [-0.2, 0) is 23.9 Å². The maximum atomic E-state index is 13.6. The first-order valence-electron chi connectivity index (χ1n) is 11.7. The van der Waals surface area contributed by atoms with E-state index in [1.54, 1.807) is 20.8 Å². The van der Waals surface area contributed by atoms with Gasteiger partial charge in [0, 0.05) is 51.1 Å². The number of Topliss-reactive ketones (excluding diaryl/α,β-unsaturated/α-hetero) is 4. The molecular weight excluding hydrogens is 450 g/mol. The van der Waals surface area contributed by atoms with Crippen LogP contribution in [0.5, 0.6) is 0 Å². The molecule has 5 rings (SSSR count). The van der Waals surface area contributed by atoms with E-state index < -0.39 is 36.8 Å². The highest BCUT2D eigenvalue weighted by Crippen LogP contribution is 2.48. The molecule has 1 saturated heterocycles. The summed E-state index contributed by atoms with van der Waals surface area (Å²) in [6.45, 7) is 4.33. The van der Waals surface area contributed by atoms with E-state index in [0.29, 0.717) is 27.9 Å². The summed E-state index contributed by atoms with van der Waals surface area (Å²) in [6.07, 6.45) is 0.321. The van der Waals surface area contributed by atoms with Gasteiger partial charge in [0.2, 0.25) is 5.78 Å². The number of rotatable bonds is 2. The normalized spacial score (nSPS) is 33.7. The third-order valence-electron chi connectivity index (χ3n) is 8.54. The van der Waals surface area contributed by atoms with Gasteiger partial charge < -0.3 is 9.84 Å². The number of allylic oxidation sites excluding steroid dienone is 4. The number of ether oxygens (including phenoxy) is 1. The summed E-state index contributed by atoms with van der Waals surface area (Å²) in [6, 6.07) is -0.895. The molecule has 35 heavy (non-hydrogen) atoms. The molecule has 0 amide bonds. The number of carbonyl (C=O) groups is 4. The average Bonchev–Trinajstić information content (AvgIpc) is 2.84. The molecule has 0 aromatic heterocycles. The van der Waals surface area contributed by atoms with Crippen molar-refractivity contribution in [1.82, 2.24) is 9.80 Å². The van der Waals surface area contributed by atoms with Crippen LogP contribution in [-0.4, -0.2) is 89.0 Å². The van der Waals surface area contributed by atoms with Gasteiger partial charge in [-0.05, 0) is 40.7 Å². The van der Waals surface area contributed by atoms with Crippen molar-refractivity contribution in [1.29, 1.82) is 5.26 Å². The molecule has 0 saturated carbocycles. The van der Waals surface area contributed by atoms with Crippen LogP contribution < -0.4 is 0 Å². The van der Waals surface area contributed by atoms with Crippen LogP contribution in [0.4, 0.5) is 0 Å². The second kappa shape index (κ2) is 7.92. The van der Waals surface area contributed by atoms with Crippen molar-refractivity contribution in [3.8, 4) is 6.07 Å². The second-order valence-corrected chi connectivity index (χ2v) is 9.88. The number of hydrogen-bond acceptors (Lipinski definition) is 9. The monoisotopic (exact) mass is 477 g/mol. The van der Waals surface area contributed by atoms with Crippen molar-refractivity contribution in [2.24, 2.45) is 0 Å². The van der Waals surface area contributed by atoms with Gasteiger partial charge in [-0.15, -0.1) is 0 Å². The zero-order chi connectivity index (χ0) is 25.5. The summed E-state index contributed by atoms with van der Waals surface area (Å²) < 4.78 is 5.31. The Balaban J connectivity index is 1.72. The molecule has 3 aliphatic heterocycles. The van der Waals surface area contributed by atoms with Crippen molar-refractivity contribution in [2.75, 3.05) is 20.8 Å². The molecule has 0 aromatic carbocycles. The number of aliphatic hydroxyl groups excluding tert-OH is 1. The van der Waals surface area contributed by atoms with Crippen LogP contribution in [0.2, 0.25) is 0 Å². The van der Waals surface area contributed by atoms with E-state index in [1.165, 1.54) is 7.11 Å². The first-order chi connectivity index (χ1) is 16.6. The molecular formula is C26H27N3O6. The predicted molar refractivity (Wildman–Crippen MR) is 123 cm³/mol. The average molecular weight is 478 g/mol. The quantitative estimate of drug-likeness (QED) is 0.567. The first-order valence-corrected chi connectivity index (χ1v) is 11.7. The topological polar surface area (TPSA) is 128 Å². The lowest BCUT2D eigenvalue weighted by molar-refractivity contribution is -0.125. The van der Waals surface area contributed by atoms with Gasteiger partial charge in [-0.25, -0.2) is 0 Å². The SMILES string of the molecule is COC1=C(C)C(=O)C2=C(C1=O)[C@@H]1[C@@H]3CC4=C(C(=O)C(C)=C(C)C4=O)[C@H](CO)N3[C@@H](C#N)[C@H](C2)N1C. The number of nitrogens with zero attached hydrogens (tertiary/aromatic N) is 3. The van der Waals surface area contributed by atoms with Gasteiger partial charge in [-0.2, -0.15) is 5.26 Å². The fourth-order valence-corrected chi connectivity index (χ4v) is 6.69. The third kappa shape index (κ3) is 2.84. The molecule has 0 spiro atoms. The number of carbonyl (C=O) groups excluding carboxylic acids is 4. The fraction of sp³-hybridized carbons (Fsp3) is 0.500. The zero-order valence-corrected chi connectivity index (χ0v) is 20.3. The minimum absolute atomic E-state index is 0.00213. The maximum Gasteiger partial charge on any atom is 0.226 e.